The van der Waals surface area contributed by atoms with E-state index >= 15 is 0 Å². The molecule has 3 heteroatoms. The van der Waals surface area contributed by atoms with Crippen LogP contribution in [0.2, 0.25) is 0 Å². The average Bonchev–Trinajstić information content (AvgIpc) is 2.96. The Morgan fingerprint density at radius 2 is 2.11 bits per heavy atom. The van der Waals surface area contributed by atoms with Crippen molar-refractivity contribution >= 4 is 11.0 Å². The Morgan fingerprint density at radius 1 is 1.32 bits per heavy atom. The molecule has 0 bridgehead atoms. The third-order valence-electron chi connectivity index (χ3n) is 4.13. The lowest BCUT2D eigenvalue weighted by molar-refractivity contribution is 0.582. The van der Waals surface area contributed by atoms with Crippen molar-refractivity contribution in [1.29, 1.82) is 0 Å². The van der Waals surface area contributed by atoms with E-state index in [0.717, 1.165) is 6.54 Å². The Kier molecular flexibility index (Phi) is 2.90. The van der Waals surface area contributed by atoms with Crippen molar-refractivity contribution in [3.8, 4) is 0 Å². The van der Waals surface area contributed by atoms with Crippen LogP contribution in [0.15, 0.2) is 18.2 Å². The monoisotopic (exact) mass is 257 g/mol. The normalized spacial score (nSPS) is 20.3. The molecule has 1 N–H and O–H groups in total. The topological polar surface area (TPSA) is 29.9 Å². The molecule has 0 spiro atoms. The second-order valence-electron chi connectivity index (χ2n) is 6.60. The van der Waals surface area contributed by atoms with Gasteiger partial charge in [0, 0.05) is 7.05 Å². The van der Waals surface area contributed by atoms with E-state index in [4.69, 9.17) is 4.98 Å². The van der Waals surface area contributed by atoms with E-state index in [1.54, 1.807) is 0 Å². The molecule has 2 aromatic rings. The zero-order chi connectivity index (χ0) is 13.6. The molecule has 2 heterocycles. The third kappa shape index (κ3) is 2.06. The van der Waals surface area contributed by atoms with E-state index in [-0.39, 0.29) is 5.41 Å². The molecule has 3 rings (SSSR count). The lowest BCUT2D eigenvalue weighted by Crippen LogP contribution is -2.16. The molecule has 1 atom stereocenters. The first-order valence-electron chi connectivity index (χ1n) is 7.17. The molecule has 1 fully saturated rings. The van der Waals surface area contributed by atoms with Crippen LogP contribution in [-0.4, -0.2) is 16.1 Å². The van der Waals surface area contributed by atoms with Crippen molar-refractivity contribution in [2.24, 2.45) is 7.05 Å². The van der Waals surface area contributed by atoms with Crippen molar-refractivity contribution in [2.45, 2.75) is 45.1 Å². The maximum Gasteiger partial charge on any atom is 0.126 e. The Morgan fingerprint density at radius 3 is 2.74 bits per heavy atom. The van der Waals surface area contributed by atoms with E-state index in [0.29, 0.717) is 6.04 Å². The first-order chi connectivity index (χ1) is 8.98. The second-order valence-corrected chi connectivity index (χ2v) is 6.60. The maximum atomic E-state index is 4.96. The summed E-state index contributed by atoms with van der Waals surface area (Å²) >= 11 is 0. The first kappa shape index (κ1) is 12.7. The van der Waals surface area contributed by atoms with E-state index in [1.165, 1.54) is 35.3 Å². The second kappa shape index (κ2) is 4.34. The van der Waals surface area contributed by atoms with Gasteiger partial charge < -0.3 is 9.88 Å². The van der Waals surface area contributed by atoms with Crippen LogP contribution in [0, 0.1) is 0 Å². The summed E-state index contributed by atoms with van der Waals surface area (Å²) in [5.41, 5.74) is 3.89. The third-order valence-corrected chi connectivity index (χ3v) is 4.13. The predicted molar refractivity (Wildman–Crippen MR) is 79.4 cm³/mol. The van der Waals surface area contributed by atoms with Crippen LogP contribution in [0.5, 0.6) is 0 Å². The number of hydrogen-bond donors (Lipinski definition) is 1. The largest absolute Gasteiger partial charge is 0.330 e. The van der Waals surface area contributed by atoms with Gasteiger partial charge in [-0.15, -0.1) is 0 Å². The minimum Gasteiger partial charge on any atom is -0.330 e. The van der Waals surface area contributed by atoms with Crippen LogP contribution in [0.3, 0.4) is 0 Å². The number of nitrogens with zero attached hydrogens (tertiary/aromatic N) is 2. The zero-order valence-corrected chi connectivity index (χ0v) is 12.3. The van der Waals surface area contributed by atoms with Gasteiger partial charge in [0.1, 0.15) is 5.82 Å². The Balaban J connectivity index is 2.19. The summed E-state index contributed by atoms with van der Waals surface area (Å²) in [5.74, 6) is 1.18. The van der Waals surface area contributed by atoms with Gasteiger partial charge in [0.25, 0.3) is 0 Å². The summed E-state index contributed by atoms with van der Waals surface area (Å²) < 4.78 is 2.26. The van der Waals surface area contributed by atoms with Gasteiger partial charge in [0.05, 0.1) is 17.1 Å². The molecule has 0 amide bonds. The van der Waals surface area contributed by atoms with Crippen LogP contribution < -0.4 is 5.32 Å². The molecule has 0 aliphatic carbocycles. The highest BCUT2D eigenvalue weighted by Crippen LogP contribution is 2.32. The number of para-hydroxylation sites is 1. The summed E-state index contributed by atoms with van der Waals surface area (Å²) in [5, 5.41) is 3.55. The summed E-state index contributed by atoms with van der Waals surface area (Å²) in [6.45, 7) is 7.87. The molecule has 1 saturated heterocycles. The lowest BCUT2D eigenvalue weighted by atomic mass is 9.86. The van der Waals surface area contributed by atoms with E-state index in [2.05, 4.69) is 55.9 Å². The highest BCUT2D eigenvalue weighted by atomic mass is 15.1. The molecule has 19 heavy (non-hydrogen) atoms. The standard InChI is InChI=1S/C16H23N3/c1-16(2,3)11-7-5-9-13-14(11)18-15(19(13)4)12-8-6-10-17-12/h5,7,9,12,17H,6,8,10H2,1-4H3. The molecular formula is C16H23N3. The van der Waals surface area contributed by atoms with Crippen molar-refractivity contribution in [2.75, 3.05) is 6.54 Å². The van der Waals surface area contributed by atoms with Crippen LogP contribution in [0.1, 0.15) is 51.0 Å². The predicted octanol–water partition coefficient (Wildman–Crippen LogP) is 3.30. The molecule has 1 aliphatic rings. The fourth-order valence-corrected chi connectivity index (χ4v) is 3.05. The zero-order valence-electron chi connectivity index (χ0n) is 12.3. The SMILES string of the molecule is Cn1c(C2CCCN2)nc2c(C(C)(C)C)cccc21. The number of imidazole rings is 1. The number of benzene rings is 1. The first-order valence-corrected chi connectivity index (χ1v) is 7.17. The van der Waals surface area contributed by atoms with Gasteiger partial charge in [-0.25, -0.2) is 4.98 Å². The molecule has 0 saturated carbocycles. The molecule has 1 unspecified atom stereocenters. The number of nitrogens with one attached hydrogen (secondary N) is 1. The number of fused-ring (bicyclic) bond motifs is 1. The Hall–Kier alpha value is -1.35. The smallest absolute Gasteiger partial charge is 0.126 e. The van der Waals surface area contributed by atoms with Gasteiger partial charge in [0.15, 0.2) is 0 Å². The number of aryl methyl sites for hydroxylation is 1. The van der Waals surface area contributed by atoms with Gasteiger partial charge in [0.2, 0.25) is 0 Å². The van der Waals surface area contributed by atoms with Gasteiger partial charge in [-0.3, -0.25) is 0 Å². The minimum absolute atomic E-state index is 0.133. The van der Waals surface area contributed by atoms with Crippen molar-refractivity contribution < 1.29 is 0 Å². The van der Waals surface area contributed by atoms with Gasteiger partial charge >= 0.3 is 0 Å². The number of rotatable bonds is 1. The van der Waals surface area contributed by atoms with Crippen LogP contribution in [0.4, 0.5) is 0 Å². The summed E-state index contributed by atoms with van der Waals surface area (Å²) in [6, 6.07) is 6.96. The average molecular weight is 257 g/mol. The van der Waals surface area contributed by atoms with E-state index in [1.807, 2.05) is 0 Å². The van der Waals surface area contributed by atoms with Crippen molar-refractivity contribution in [3.63, 3.8) is 0 Å². The highest BCUT2D eigenvalue weighted by Gasteiger charge is 2.25. The van der Waals surface area contributed by atoms with Gasteiger partial charge in [-0.2, -0.15) is 0 Å². The van der Waals surface area contributed by atoms with Crippen LogP contribution in [-0.2, 0) is 12.5 Å². The summed E-state index contributed by atoms with van der Waals surface area (Å²) in [6.07, 6.45) is 2.45. The fraction of sp³-hybridized carbons (Fsp3) is 0.562. The number of aromatic nitrogens is 2. The lowest BCUT2D eigenvalue weighted by Gasteiger charge is -2.19. The summed E-state index contributed by atoms with van der Waals surface area (Å²) in [4.78, 5) is 4.96. The van der Waals surface area contributed by atoms with Crippen molar-refractivity contribution in [3.05, 3.63) is 29.6 Å². The molecule has 1 aromatic carbocycles. The van der Waals surface area contributed by atoms with Crippen LogP contribution >= 0.6 is 0 Å². The maximum absolute atomic E-state index is 4.96. The van der Waals surface area contributed by atoms with E-state index in [9.17, 15) is 0 Å². The van der Waals surface area contributed by atoms with Gasteiger partial charge in [-0.05, 0) is 36.4 Å². The van der Waals surface area contributed by atoms with Gasteiger partial charge in [-0.1, -0.05) is 32.9 Å². The van der Waals surface area contributed by atoms with Crippen LogP contribution in [0.25, 0.3) is 11.0 Å². The molecule has 3 nitrogen and oxygen atoms in total. The molecule has 1 aliphatic heterocycles. The quantitative estimate of drug-likeness (QED) is 0.849. The number of hydrogen-bond acceptors (Lipinski definition) is 2. The van der Waals surface area contributed by atoms with E-state index < -0.39 is 0 Å². The Labute approximate surface area is 115 Å². The highest BCUT2D eigenvalue weighted by molar-refractivity contribution is 5.80. The van der Waals surface area contributed by atoms with Crippen molar-refractivity contribution in [1.82, 2.24) is 14.9 Å². The summed E-state index contributed by atoms with van der Waals surface area (Å²) in [7, 11) is 2.14. The molecular weight excluding hydrogens is 234 g/mol. The molecule has 0 radical (unpaired) electrons. The minimum atomic E-state index is 0.133. The Bertz CT molecular complexity index is 598. The molecule has 1 aromatic heterocycles. The fourth-order valence-electron chi connectivity index (χ4n) is 3.05. The molecule has 102 valence electrons.